The van der Waals surface area contributed by atoms with Crippen molar-refractivity contribution in [2.45, 2.75) is 43.6 Å². The summed E-state index contributed by atoms with van der Waals surface area (Å²) in [4.78, 5) is 0. The number of aliphatic hydroxyl groups excluding tert-OH is 3. The van der Waals surface area contributed by atoms with Crippen LogP contribution in [0.25, 0.3) is 0 Å². The van der Waals surface area contributed by atoms with Crippen LogP contribution >= 0.6 is 0 Å². The average molecular weight is 236 g/mol. The van der Waals surface area contributed by atoms with Crippen molar-refractivity contribution in [2.24, 2.45) is 0 Å². The van der Waals surface area contributed by atoms with Crippen LogP contribution in [0.1, 0.15) is 6.92 Å². The van der Waals surface area contributed by atoms with E-state index in [0.29, 0.717) is 0 Å². The summed E-state index contributed by atoms with van der Waals surface area (Å²) in [5.74, 6) is -1.31. The Morgan fingerprint density at radius 3 is 2.50 bits per heavy atom. The Labute approximate surface area is 92.5 Å². The molecule has 3 N–H and O–H groups in total. The Bertz CT molecular complexity index is 260. The van der Waals surface area contributed by atoms with Crippen molar-refractivity contribution >= 4 is 0 Å². The minimum absolute atomic E-state index is 0.408. The molecule has 0 bridgehead atoms. The highest BCUT2D eigenvalue weighted by atomic mass is 16.9. The summed E-state index contributed by atoms with van der Waals surface area (Å²) in [5.41, 5.74) is 0. The fourth-order valence-electron chi connectivity index (χ4n) is 1.86. The second-order valence-corrected chi connectivity index (χ2v) is 3.97. The second kappa shape index (κ2) is 4.19. The lowest BCUT2D eigenvalue weighted by atomic mass is 9.99. The molecule has 2 heterocycles. The van der Waals surface area contributed by atoms with Crippen molar-refractivity contribution in [3.05, 3.63) is 0 Å². The molecule has 2 rings (SSSR count). The lowest BCUT2D eigenvalue weighted by Crippen LogP contribution is -2.57. The van der Waals surface area contributed by atoms with Gasteiger partial charge in [0, 0.05) is 14.0 Å². The first-order valence-electron chi connectivity index (χ1n) is 5.04. The first kappa shape index (κ1) is 12.2. The third kappa shape index (κ3) is 1.84. The fourth-order valence-corrected chi connectivity index (χ4v) is 1.86. The molecule has 0 aliphatic carbocycles. The fraction of sp³-hybridized carbons (Fsp3) is 1.00. The van der Waals surface area contributed by atoms with E-state index in [-0.39, 0.29) is 0 Å². The first-order chi connectivity index (χ1) is 7.50. The SMILES string of the molecule is COC1(C)O[C@@H]2O[C@H](CO)[C@@H](O)[C@H](O)[C@@H]2O1. The van der Waals surface area contributed by atoms with Crippen LogP contribution in [-0.2, 0) is 18.9 Å². The van der Waals surface area contributed by atoms with Crippen LogP contribution in [0.4, 0.5) is 0 Å². The van der Waals surface area contributed by atoms with Gasteiger partial charge in [0.1, 0.15) is 24.4 Å². The third-order valence-corrected chi connectivity index (χ3v) is 2.88. The monoisotopic (exact) mass is 236 g/mol. The quantitative estimate of drug-likeness (QED) is 0.518. The third-order valence-electron chi connectivity index (χ3n) is 2.88. The van der Waals surface area contributed by atoms with Crippen LogP contribution in [0, 0.1) is 0 Å². The number of methoxy groups -OCH3 is 1. The van der Waals surface area contributed by atoms with Gasteiger partial charge in [-0.15, -0.1) is 0 Å². The van der Waals surface area contributed by atoms with Gasteiger partial charge in [-0.1, -0.05) is 0 Å². The van der Waals surface area contributed by atoms with Crippen molar-refractivity contribution in [1.82, 2.24) is 0 Å². The molecule has 0 spiro atoms. The van der Waals surface area contributed by atoms with Gasteiger partial charge in [0.25, 0.3) is 5.97 Å². The molecule has 16 heavy (non-hydrogen) atoms. The van der Waals surface area contributed by atoms with E-state index in [1.165, 1.54) is 14.0 Å². The molecule has 2 saturated heterocycles. The predicted molar refractivity (Wildman–Crippen MR) is 49.1 cm³/mol. The number of rotatable bonds is 2. The van der Waals surface area contributed by atoms with Crippen LogP contribution in [0.3, 0.4) is 0 Å². The number of aliphatic hydroxyl groups is 3. The van der Waals surface area contributed by atoms with Crippen LogP contribution in [0.15, 0.2) is 0 Å². The highest BCUT2D eigenvalue weighted by Gasteiger charge is 2.55. The van der Waals surface area contributed by atoms with Gasteiger partial charge in [-0.25, -0.2) is 0 Å². The number of hydrogen-bond acceptors (Lipinski definition) is 7. The molecule has 0 aromatic carbocycles. The molecule has 7 heteroatoms. The van der Waals surface area contributed by atoms with E-state index in [0.717, 1.165) is 0 Å². The predicted octanol–water partition coefficient (Wildman–Crippen LogP) is -1.84. The van der Waals surface area contributed by atoms with E-state index < -0.39 is 43.3 Å². The second-order valence-electron chi connectivity index (χ2n) is 3.97. The first-order valence-corrected chi connectivity index (χ1v) is 5.04. The summed E-state index contributed by atoms with van der Waals surface area (Å²) < 4.78 is 20.8. The molecule has 2 aliphatic rings. The highest BCUT2D eigenvalue weighted by molar-refractivity contribution is 4.93. The Morgan fingerprint density at radius 2 is 1.94 bits per heavy atom. The molecule has 7 nitrogen and oxygen atoms in total. The summed E-state index contributed by atoms with van der Waals surface area (Å²) in [5, 5.41) is 28.4. The van der Waals surface area contributed by atoms with Crippen molar-refractivity contribution in [2.75, 3.05) is 13.7 Å². The van der Waals surface area contributed by atoms with Gasteiger partial charge in [-0.05, 0) is 0 Å². The Morgan fingerprint density at radius 1 is 1.25 bits per heavy atom. The molecule has 0 amide bonds. The smallest absolute Gasteiger partial charge is 0.282 e. The molecule has 2 fully saturated rings. The van der Waals surface area contributed by atoms with Gasteiger partial charge >= 0.3 is 0 Å². The minimum atomic E-state index is -1.31. The highest BCUT2D eigenvalue weighted by Crippen LogP contribution is 2.36. The number of ether oxygens (including phenoxy) is 4. The van der Waals surface area contributed by atoms with Crippen LogP contribution in [-0.4, -0.2) is 65.7 Å². The largest absolute Gasteiger partial charge is 0.394 e. The average Bonchev–Trinajstić information content (AvgIpc) is 2.62. The molecule has 2 aliphatic heterocycles. The standard InChI is InChI=1S/C9H16O7/c1-9(13-2)15-7-6(12)5(11)4(3-10)14-8(7)16-9/h4-8,10-12H,3H2,1-2H3/t4-,5-,6+,7+,8+,9?/m1/s1. The number of hydrogen-bond donors (Lipinski definition) is 3. The molecular weight excluding hydrogens is 220 g/mol. The topological polar surface area (TPSA) is 97.6 Å². The molecule has 0 aromatic rings. The Balaban J connectivity index is 2.13. The number of fused-ring (bicyclic) bond motifs is 1. The van der Waals surface area contributed by atoms with E-state index in [2.05, 4.69) is 0 Å². The lowest BCUT2D eigenvalue weighted by molar-refractivity contribution is -0.334. The molecule has 1 unspecified atom stereocenters. The van der Waals surface area contributed by atoms with Gasteiger partial charge in [-0.3, -0.25) is 4.74 Å². The summed E-state index contributed by atoms with van der Waals surface area (Å²) in [6.45, 7) is 1.12. The maximum atomic E-state index is 9.78. The zero-order chi connectivity index (χ0) is 11.9. The Hall–Kier alpha value is -0.280. The molecule has 94 valence electrons. The van der Waals surface area contributed by atoms with Gasteiger partial charge in [0.05, 0.1) is 6.61 Å². The van der Waals surface area contributed by atoms with Crippen molar-refractivity contribution in [3.63, 3.8) is 0 Å². The van der Waals surface area contributed by atoms with Crippen LogP contribution < -0.4 is 0 Å². The van der Waals surface area contributed by atoms with Gasteiger partial charge in [0.2, 0.25) is 0 Å². The van der Waals surface area contributed by atoms with E-state index >= 15 is 0 Å². The normalized spacial score (nSPS) is 52.7. The zero-order valence-electron chi connectivity index (χ0n) is 9.07. The van der Waals surface area contributed by atoms with Crippen molar-refractivity contribution in [1.29, 1.82) is 0 Å². The molecule has 6 atom stereocenters. The summed E-state index contributed by atoms with van der Waals surface area (Å²) in [6.07, 6.45) is -4.98. The van der Waals surface area contributed by atoms with Crippen molar-refractivity contribution in [3.8, 4) is 0 Å². The van der Waals surface area contributed by atoms with Gasteiger partial charge in [0.15, 0.2) is 6.29 Å². The summed E-state index contributed by atoms with van der Waals surface area (Å²) in [6, 6.07) is 0. The lowest BCUT2D eigenvalue weighted by Gasteiger charge is -2.36. The van der Waals surface area contributed by atoms with Crippen molar-refractivity contribution < 1.29 is 34.3 Å². The molecular formula is C9H16O7. The van der Waals surface area contributed by atoms with Gasteiger partial charge in [-0.2, -0.15) is 0 Å². The van der Waals surface area contributed by atoms with E-state index in [4.69, 9.17) is 24.1 Å². The summed E-state index contributed by atoms with van der Waals surface area (Å²) in [7, 11) is 1.39. The van der Waals surface area contributed by atoms with E-state index in [1.54, 1.807) is 0 Å². The van der Waals surface area contributed by atoms with E-state index in [1.807, 2.05) is 0 Å². The Kier molecular flexibility index (Phi) is 3.19. The molecule has 0 radical (unpaired) electrons. The molecule has 0 saturated carbocycles. The van der Waals surface area contributed by atoms with Gasteiger partial charge < -0.3 is 29.5 Å². The van der Waals surface area contributed by atoms with Crippen LogP contribution in [0.5, 0.6) is 0 Å². The maximum absolute atomic E-state index is 9.78. The minimum Gasteiger partial charge on any atom is -0.394 e. The van der Waals surface area contributed by atoms with E-state index in [9.17, 15) is 10.2 Å². The molecule has 0 aromatic heterocycles. The maximum Gasteiger partial charge on any atom is 0.282 e. The van der Waals surface area contributed by atoms with Crippen LogP contribution in [0.2, 0.25) is 0 Å². The zero-order valence-corrected chi connectivity index (χ0v) is 9.07. The summed E-state index contributed by atoms with van der Waals surface area (Å²) >= 11 is 0.